The van der Waals surface area contributed by atoms with Gasteiger partial charge in [0, 0.05) is 38.9 Å². The van der Waals surface area contributed by atoms with Crippen LogP contribution in [0.5, 0.6) is 5.75 Å². The van der Waals surface area contributed by atoms with Crippen molar-refractivity contribution in [2.24, 2.45) is 11.7 Å². The topological polar surface area (TPSA) is 352 Å². The van der Waals surface area contributed by atoms with Crippen molar-refractivity contribution < 1.29 is 73.7 Å². The summed E-state index contributed by atoms with van der Waals surface area (Å²) < 4.78 is 10.5. The van der Waals surface area contributed by atoms with E-state index in [1.807, 2.05) is 0 Å². The summed E-state index contributed by atoms with van der Waals surface area (Å²) >= 11 is 0. The highest BCUT2D eigenvalue weighted by Gasteiger charge is 2.46. The molecule has 4 rings (SSSR count). The van der Waals surface area contributed by atoms with E-state index in [-0.39, 0.29) is 63.0 Å². The lowest BCUT2D eigenvalue weighted by Crippen LogP contribution is -2.63. The first-order valence-electron chi connectivity index (χ1n) is 20.5. The van der Waals surface area contributed by atoms with Gasteiger partial charge < -0.3 is 82.2 Å². The molecule has 1 aromatic carbocycles. The predicted molar refractivity (Wildman–Crippen MR) is 214 cm³/mol. The van der Waals surface area contributed by atoms with Crippen LogP contribution < -0.4 is 32.3 Å². The molecule has 62 heavy (non-hydrogen) atoms. The van der Waals surface area contributed by atoms with Crippen molar-refractivity contribution in [1.82, 2.24) is 36.4 Å². The van der Waals surface area contributed by atoms with Crippen LogP contribution >= 0.6 is 0 Å². The van der Waals surface area contributed by atoms with Gasteiger partial charge in [0.15, 0.2) is 0 Å². The lowest BCUT2D eigenvalue weighted by Gasteiger charge is -2.33. The first-order valence-corrected chi connectivity index (χ1v) is 20.5. The standard InChI is InChI=1S/C39H60N8O15/c1-19-12-27-37(58)43-30(53)15-26(41-31(54)18-62-11-10-61-9-8-40)35(56)45-33(21(3)49)39(60)47-17-24(51)13-28(47)36(57)42-25(14-29(52)22-4-6-23(50)7-5-22)34(55)44-32(20(2)48)38(59)46(27)16-19/h4-7,19-21,24-30,32-33,48-53H,8-18,40H2,1-3H3,(H,41,54)(H,42,57)(H,43,58)(H,44,55)(H,45,56)/t19-,20-,21-,24-,25+,26+,27+,28+,29-,30-,32+,33+/m1/s1. The molecule has 0 bridgehead atoms. The summed E-state index contributed by atoms with van der Waals surface area (Å²) in [6, 6.07) is -4.34. The molecule has 13 N–H and O–H groups in total. The number of hydrogen-bond donors (Lipinski definition) is 12. The molecule has 12 atom stereocenters. The van der Waals surface area contributed by atoms with Crippen LogP contribution in [0, 0.1) is 5.92 Å². The molecule has 0 aromatic heterocycles. The van der Waals surface area contributed by atoms with Gasteiger partial charge in [0.05, 0.1) is 44.2 Å². The first kappa shape index (κ1) is 49.6. The lowest BCUT2D eigenvalue weighted by molar-refractivity contribution is -0.146. The number of fused-ring (bicyclic) bond motifs is 2. The van der Waals surface area contributed by atoms with Crippen LogP contribution in [0.4, 0.5) is 0 Å². The van der Waals surface area contributed by atoms with Gasteiger partial charge in [0.1, 0.15) is 54.8 Å². The number of amides is 7. The summed E-state index contributed by atoms with van der Waals surface area (Å²) in [6.45, 7) is 3.65. The van der Waals surface area contributed by atoms with Gasteiger partial charge in [0.25, 0.3) is 0 Å². The van der Waals surface area contributed by atoms with Crippen LogP contribution in [0.2, 0.25) is 0 Å². The van der Waals surface area contributed by atoms with Crippen LogP contribution in [-0.4, -0.2) is 189 Å². The zero-order chi connectivity index (χ0) is 45.8. The Labute approximate surface area is 357 Å². The van der Waals surface area contributed by atoms with E-state index in [9.17, 15) is 64.2 Å². The first-order chi connectivity index (χ1) is 29.3. The van der Waals surface area contributed by atoms with Crippen LogP contribution in [0.25, 0.3) is 0 Å². The van der Waals surface area contributed by atoms with Crippen molar-refractivity contribution in [1.29, 1.82) is 0 Å². The van der Waals surface area contributed by atoms with Crippen molar-refractivity contribution in [2.45, 2.75) is 113 Å². The van der Waals surface area contributed by atoms with Crippen molar-refractivity contribution in [3.63, 3.8) is 0 Å². The average molecular weight is 881 g/mol. The molecule has 346 valence electrons. The molecule has 3 fully saturated rings. The van der Waals surface area contributed by atoms with Crippen molar-refractivity contribution in [2.75, 3.05) is 46.1 Å². The maximum absolute atomic E-state index is 14.1. The summed E-state index contributed by atoms with van der Waals surface area (Å²) in [7, 11) is 0. The number of nitrogens with one attached hydrogen (secondary N) is 5. The number of phenolic OH excluding ortho intramolecular Hbond substituents is 1. The zero-order valence-corrected chi connectivity index (χ0v) is 34.8. The minimum Gasteiger partial charge on any atom is -0.508 e. The number of rotatable bonds is 13. The molecular weight excluding hydrogens is 820 g/mol. The Morgan fingerprint density at radius 2 is 1.34 bits per heavy atom. The van der Waals surface area contributed by atoms with E-state index in [4.69, 9.17) is 15.2 Å². The highest BCUT2D eigenvalue weighted by atomic mass is 16.5. The van der Waals surface area contributed by atoms with E-state index < -0.39 is 134 Å². The van der Waals surface area contributed by atoms with Crippen LogP contribution in [0.3, 0.4) is 0 Å². The second-order valence-electron chi connectivity index (χ2n) is 15.9. The third-order valence-electron chi connectivity index (χ3n) is 10.7. The largest absolute Gasteiger partial charge is 0.508 e. The number of nitrogens with two attached hydrogens (primary N) is 1. The molecule has 23 heteroatoms. The second-order valence-corrected chi connectivity index (χ2v) is 15.9. The predicted octanol–water partition coefficient (Wildman–Crippen LogP) is -5.45. The van der Waals surface area contributed by atoms with Crippen molar-refractivity contribution >= 4 is 41.4 Å². The number of carbonyl (C=O) groups is 7. The van der Waals surface area contributed by atoms with Gasteiger partial charge in [0.2, 0.25) is 41.4 Å². The third kappa shape index (κ3) is 13.5. The molecule has 23 nitrogen and oxygen atoms in total. The summed E-state index contributed by atoms with van der Waals surface area (Å²) in [4.78, 5) is 98.9. The Morgan fingerprint density at radius 3 is 1.95 bits per heavy atom. The molecular formula is C39H60N8O15. The smallest absolute Gasteiger partial charge is 0.248 e. The fourth-order valence-electron chi connectivity index (χ4n) is 7.52. The lowest BCUT2D eigenvalue weighted by atomic mass is 9.99. The van der Waals surface area contributed by atoms with Gasteiger partial charge in [-0.2, -0.15) is 0 Å². The zero-order valence-electron chi connectivity index (χ0n) is 34.8. The van der Waals surface area contributed by atoms with Crippen LogP contribution in [-0.2, 0) is 43.0 Å². The normalized spacial score (nSPS) is 29.7. The van der Waals surface area contributed by atoms with Gasteiger partial charge in [-0.25, -0.2) is 0 Å². The number of phenols is 1. The molecule has 0 radical (unpaired) electrons. The number of hydrogen-bond acceptors (Lipinski definition) is 16. The van der Waals surface area contributed by atoms with Gasteiger partial charge >= 0.3 is 0 Å². The number of nitrogens with zero attached hydrogens (tertiary/aromatic N) is 2. The summed E-state index contributed by atoms with van der Waals surface area (Å²) in [6.07, 6.45) is -9.36. The Kier molecular flexibility index (Phi) is 18.3. The Balaban J connectivity index is 1.72. The summed E-state index contributed by atoms with van der Waals surface area (Å²) in [5.41, 5.74) is 5.61. The van der Waals surface area contributed by atoms with Gasteiger partial charge in [-0.1, -0.05) is 19.1 Å². The SMILES string of the molecule is C[C@@H]1C[C@H]2C(=O)N[C@H](O)C[C@H](NC(=O)COCCOCCN)C(=O)N[C@@H]([C@@H](C)O)C(=O)N3C[C@H](O)C[C@H]3C(=O)N[C@@H](C[C@@H](O)c3ccc(O)cc3)C(=O)N[C@@H]([C@@H](C)O)C(=O)N2C1. The maximum Gasteiger partial charge on any atom is 0.248 e. The number of ether oxygens (including phenoxy) is 2. The summed E-state index contributed by atoms with van der Waals surface area (Å²) in [5, 5.41) is 76.3. The minimum absolute atomic E-state index is 0.0151. The highest BCUT2D eigenvalue weighted by molar-refractivity contribution is 5.98. The fourth-order valence-corrected chi connectivity index (χ4v) is 7.52. The van der Waals surface area contributed by atoms with Crippen molar-refractivity contribution in [3.8, 4) is 5.75 Å². The quantitative estimate of drug-likeness (QED) is 0.0823. The molecule has 0 spiro atoms. The van der Waals surface area contributed by atoms with Gasteiger partial charge in [-0.3, -0.25) is 33.6 Å². The number of aliphatic hydroxyl groups excluding tert-OH is 5. The Bertz CT molecular complexity index is 1740. The third-order valence-corrected chi connectivity index (χ3v) is 10.7. The maximum atomic E-state index is 14.1. The van der Waals surface area contributed by atoms with Crippen molar-refractivity contribution in [3.05, 3.63) is 29.8 Å². The number of aromatic hydroxyl groups is 1. The van der Waals surface area contributed by atoms with E-state index in [0.29, 0.717) is 0 Å². The molecule has 3 aliphatic heterocycles. The number of benzene rings is 1. The van der Waals surface area contributed by atoms with E-state index in [2.05, 4.69) is 26.6 Å². The fraction of sp³-hybridized carbons (Fsp3) is 0.667. The molecule has 0 unspecified atom stereocenters. The van der Waals surface area contributed by atoms with E-state index in [1.54, 1.807) is 6.92 Å². The molecule has 0 saturated carbocycles. The number of carbonyl (C=O) groups excluding carboxylic acids is 7. The van der Waals surface area contributed by atoms with Crippen LogP contribution in [0.1, 0.15) is 58.1 Å². The molecule has 0 aliphatic carbocycles. The molecule has 1 aromatic rings. The minimum atomic E-state index is -1.86. The molecule has 3 heterocycles. The van der Waals surface area contributed by atoms with E-state index >= 15 is 0 Å². The van der Waals surface area contributed by atoms with E-state index in [1.165, 1.54) is 31.2 Å². The second kappa shape index (κ2) is 22.9. The molecule has 7 amide bonds. The summed E-state index contributed by atoms with van der Waals surface area (Å²) in [5.74, 6) is -7.28. The van der Waals surface area contributed by atoms with Crippen LogP contribution in [0.15, 0.2) is 24.3 Å². The monoisotopic (exact) mass is 880 g/mol. The number of aliphatic hydroxyl groups is 5. The average Bonchev–Trinajstić information content (AvgIpc) is 3.81. The Hall–Kier alpha value is -5.01. The van der Waals surface area contributed by atoms with E-state index in [0.717, 1.165) is 16.7 Å². The highest BCUT2D eigenvalue weighted by Crippen LogP contribution is 2.26. The van der Waals surface area contributed by atoms with Gasteiger partial charge in [-0.15, -0.1) is 0 Å². The Morgan fingerprint density at radius 1 is 0.774 bits per heavy atom. The molecule has 3 aliphatic rings. The molecule has 3 saturated heterocycles. The van der Waals surface area contributed by atoms with Gasteiger partial charge in [-0.05, 0) is 43.9 Å².